The number of carbonyl (C=O) groups is 1. The smallest absolute Gasteiger partial charge is 0.243 e. The Bertz CT molecular complexity index is 948. The summed E-state index contributed by atoms with van der Waals surface area (Å²) in [7, 11) is -3.66. The van der Waals surface area contributed by atoms with Gasteiger partial charge in [-0.2, -0.15) is 4.31 Å². The van der Waals surface area contributed by atoms with Crippen LogP contribution in [0.1, 0.15) is 30.9 Å². The van der Waals surface area contributed by atoms with Crippen molar-refractivity contribution < 1.29 is 17.9 Å². The van der Waals surface area contributed by atoms with Crippen LogP contribution in [0, 0.1) is 12.8 Å². The Labute approximate surface area is 172 Å². The van der Waals surface area contributed by atoms with Crippen molar-refractivity contribution in [3.8, 4) is 5.75 Å². The molecule has 0 saturated carbocycles. The Kier molecular flexibility index (Phi) is 6.87. The van der Waals surface area contributed by atoms with Crippen molar-refractivity contribution in [1.29, 1.82) is 0 Å². The summed E-state index contributed by atoms with van der Waals surface area (Å²) < 4.78 is 33.1. The zero-order valence-electron chi connectivity index (χ0n) is 16.8. The number of ether oxygens (including phenoxy) is 1. The number of amides is 1. The maximum absolute atomic E-state index is 13.1. The van der Waals surface area contributed by atoms with Gasteiger partial charge in [0, 0.05) is 32.0 Å². The number of carbonyl (C=O) groups excluding carboxylic acids is 1. The van der Waals surface area contributed by atoms with Crippen LogP contribution in [0.15, 0.2) is 47.6 Å². The summed E-state index contributed by atoms with van der Waals surface area (Å²) in [5.74, 6) is 0.188. The lowest BCUT2D eigenvalue weighted by molar-refractivity contribution is -0.126. The van der Waals surface area contributed by atoms with E-state index in [-0.39, 0.29) is 23.3 Å². The predicted octanol–water partition coefficient (Wildman–Crippen LogP) is 2.51. The van der Waals surface area contributed by atoms with Crippen LogP contribution in [0.25, 0.3) is 0 Å². The Balaban J connectivity index is 1.67. The van der Waals surface area contributed by atoms with E-state index >= 15 is 0 Å². The molecule has 1 amide bonds. The first-order chi connectivity index (χ1) is 13.9. The molecule has 1 N–H and O–H groups in total. The number of nitrogens with one attached hydrogen (secondary N) is 1. The SMILES string of the molecule is CCOc1ccc(S(=O)(=O)N2CCC[C@H](C(=O)NCc3cccnc3)C2)cc1C. The van der Waals surface area contributed by atoms with Gasteiger partial charge in [0.05, 0.1) is 17.4 Å². The van der Waals surface area contributed by atoms with Crippen LogP contribution in [0.4, 0.5) is 0 Å². The molecule has 7 nitrogen and oxygen atoms in total. The van der Waals surface area contributed by atoms with Crippen LogP contribution in [-0.4, -0.2) is 43.3 Å². The minimum atomic E-state index is -3.66. The monoisotopic (exact) mass is 417 g/mol. The van der Waals surface area contributed by atoms with E-state index in [0.29, 0.717) is 38.3 Å². The first-order valence-corrected chi connectivity index (χ1v) is 11.3. The van der Waals surface area contributed by atoms with E-state index in [2.05, 4.69) is 10.3 Å². The molecule has 0 unspecified atom stereocenters. The van der Waals surface area contributed by atoms with Gasteiger partial charge in [-0.15, -0.1) is 0 Å². The van der Waals surface area contributed by atoms with Gasteiger partial charge in [-0.25, -0.2) is 8.42 Å². The topological polar surface area (TPSA) is 88.6 Å². The van der Waals surface area contributed by atoms with Crippen molar-refractivity contribution in [3.05, 3.63) is 53.9 Å². The fourth-order valence-electron chi connectivity index (χ4n) is 3.46. The van der Waals surface area contributed by atoms with Gasteiger partial charge in [-0.1, -0.05) is 6.07 Å². The standard InChI is InChI=1S/C21H27N3O4S/c1-3-28-20-9-8-19(12-16(20)2)29(26,27)24-11-5-7-18(15-24)21(25)23-14-17-6-4-10-22-13-17/h4,6,8-10,12-13,18H,3,5,7,11,14-15H2,1-2H3,(H,23,25)/t18-/m0/s1. The summed E-state index contributed by atoms with van der Waals surface area (Å²) in [5, 5.41) is 2.89. The van der Waals surface area contributed by atoms with Gasteiger partial charge >= 0.3 is 0 Å². The first kappa shape index (κ1) is 21.3. The molecule has 0 bridgehead atoms. The number of pyridine rings is 1. The van der Waals surface area contributed by atoms with Gasteiger partial charge in [0.15, 0.2) is 0 Å². The summed E-state index contributed by atoms with van der Waals surface area (Å²) in [5.41, 5.74) is 1.68. The molecule has 2 aromatic rings. The third-order valence-electron chi connectivity index (χ3n) is 5.03. The second kappa shape index (κ2) is 9.37. The van der Waals surface area contributed by atoms with Crippen molar-refractivity contribution in [3.63, 3.8) is 0 Å². The highest BCUT2D eigenvalue weighted by atomic mass is 32.2. The van der Waals surface area contributed by atoms with Crippen molar-refractivity contribution in [2.24, 2.45) is 5.92 Å². The highest BCUT2D eigenvalue weighted by Gasteiger charge is 2.33. The van der Waals surface area contributed by atoms with Crippen LogP contribution in [-0.2, 0) is 21.4 Å². The fourth-order valence-corrected chi connectivity index (χ4v) is 5.07. The number of aryl methyl sites for hydroxylation is 1. The predicted molar refractivity (Wildman–Crippen MR) is 110 cm³/mol. The number of nitrogens with zero attached hydrogens (tertiary/aromatic N) is 2. The lowest BCUT2D eigenvalue weighted by atomic mass is 9.99. The molecule has 2 heterocycles. The summed E-state index contributed by atoms with van der Waals surface area (Å²) in [4.78, 5) is 16.8. The second-order valence-electron chi connectivity index (χ2n) is 7.14. The second-order valence-corrected chi connectivity index (χ2v) is 9.08. The molecule has 0 radical (unpaired) electrons. The highest BCUT2D eigenvalue weighted by molar-refractivity contribution is 7.89. The number of piperidine rings is 1. The van der Waals surface area contributed by atoms with E-state index in [4.69, 9.17) is 4.74 Å². The molecule has 156 valence electrons. The lowest BCUT2D eigenvalue weighted by Crippen LogP contribution is -2.45. The zero-order chi connectivity index (χ0) is 20.9. The summed E-state index contributed by atoms with van der Waals surface area (Å²) in [6, 6.07) is 8.59. The molecule has 1 aliphatic heterocycles. The molecular formula is C21H27N3O4S. The van der Waals surface area contributed by atoms with Crippen molar-refractivity contribution >= 4 is 15.9 Å². The van der Waals surface area contributed by atoms with E-state index < -0.39 is 10.0 Å². The highest BCUT2D eigenvalue weighted by Crippen LogP contribution is 2.27. The van der Waals surface area contributed by atoms with Crippen LogP contribution < -0.4 is 10.1 Å². The van der Waals surface area contributed by atoms with Gasteiger partial charge in [0.1, 0.15) is 5.75 Å². The summed E-state index contributed by atoms with van der Waals surface area (Å²) in [6.45, 7) is 5.23. The average molecular weight is 418 g/mol. The molecule has 1 fully saturated rings. The van der Waals surface area contributed by atoms with E-state index in [1.807, 2.05) is 26.0 Å². The molecule has 1 saturated heterocycles. The molecular weight excluding hydrogens is 390 g/mol. The number of aromatic nitrogens is 1. The van der Waals surface area contributed by atoms with E-state index in [0.717, 1.165) is 11.1 Å². The quantitative estimate of drug-likeness (QED) is 0.748. The number of rotatable bonds is 7. The van der Waals surface area contributed by atoms with Crippen LogP contribution in [0.2, 0.25) is 0 Å². The molecule has 1 aliphatic rings. The van der Waals surface area contributed by atoms with Crippen LogP contribution in [0.5, 0.6) is 5.75 Å². The van der Waals surface area contributed by atoms with Crippen LogP contribution in [0.3, 0.4) is 0 Å². The van der Waals surface area contributed by atoms with Crippen molar-refractivity contribution in [1.82, 2.24) is 14.6 Å². The zero-order valence-corrected chi connectivity index (χ0v) is 17.6. The maximum Gasteiger partial charge on any atom is 0.243 e. The van der Waals surface area contributed by atoms with Crippen molar-refractivity contribution in [2.45, 2.75) is 38.1 Å². The number of hydrogen-bond acceptors (Lipinski definition) is 5. The van der Waals surface area contributed by atoms with Gasteiger partial charge in [-0.3, -0.25) is 9.78 Å². The Morgan fingerprint density at radius 3 is 2.86 bits per heavy atom. The Morgan fingerprint density at radius 1 is 1.34 bits per heavy atom. The Hall–Kier alpha value is -2.45. The number of hydrogen-bond donors (Lipinski definition) is 1. The molecule has 1 aromatic carbocycles. The summed E-state index contributed by atoms with van der Waals surface area (Å²) >= 11 is 0. The van der Waals surface area contributed by atoms with Crippen molar-refractivity contribution in [2.75, 3.05) is 19.7 Å². The lowest BCUT2D eigenvalue weighted by Gasteiger charge is -2.31. The van der Waals surface area contributed by atoms with E-state index in [1.165, 1.54) is 4.31 Å². The maximum atomic E-state index is 13.1. The average Bonchev–Trinajstić information content (AvgIpc) is 2.74. The number of sulfonamides is 1. The Morgan fingerprint density at radius 2 is 2.17 bits per heavy atom. The van der Waals surface area contributed by atoms with Gasteiger partial charge < -0.3 is 10.1 Å². The van der Waals surface area contributed by atoms with Crippen LogP contribution >= 0.6 is 0 Å². The fraction of sp³-hybridized carbons (Fsp3) is 0.429. The molecule has 1 atom stereocenters. The minimum Gasteiger partial charge on any atom is -0.494 e. The molecule has 3 rings (SSSR count). The largest absolute Gasteiger partial charge is 0.494 e. The molecule has 1 aromatic heterocycles. The summed E-state index contributed by atoms with van der Waals surface area (Å²) in [6.07, 6.45) is 4.71. The number of benzene rings is 1. The molecule has 8 heteroatoms. The van der Waals surface area contributed by atoms with Gasteiger partial charge in [0.2, 0.25) is 15.9 Å². The normalized spacial score (nSPS) is 17.7. The third-order valence-corrected chi connectivity index (χ3v) is 6.89. The minimum absolute atomic E-state index is 0.128. The molecule has 29 heavy (non-hydrogen) atoms. The van der Waals surface area contributed by atoms with Gasteiger partial charge in [-0.05, 0) is 62.1 Å². The van der Waals surface area contributed by atoms with E-state index in [1.54, 1.807) is 30.6 Å². The third kappa shape index (κ3) is 5.13. The first-order valence-electron chi connectivity index (χ1n) is 9.82. The van der Waals surface area contributed by atoms with Gasteiger partial charge in [0.25, 0.3) is 0 Å². The van der Waals surface area contributed by atoms with E-state index in [9.17, 15) is 13.2 Å². The molecule has 0 aliphatic carbocycles. The molecule has 0 spiro atoms.